The van der Waals surface area contributed by atoms with Gasteiger partial charge in [0.25, 0.3) is 0 Å². The minimum absolute atomic E-state index is 0.376. The highest BCUT2D eigenvalue weighted by molar-refractivity contribution is 7.98. The third-order valence-corrected chi connectivity index (χ3v) is 3.24. The van der Waals surface area contributed by atoms with Crippen molar-refractivity contribution < 1.29 is 0 Å². The van der Waals surface area contributed by atoms with Gasteiger partial charge in [0.05, 0.1) is 5.56 Å². The summed E-state index contributed by atoms with van der Waals surface area (Å²) in [6.45, 7) is 1.95. The predicted octanol–water partition coefficient (Wildman–Crippen LogP) is 1.59. The molecule has 0 aliphatic carbocycles. The zero-order valence-corrected chi connectivity index (χ0v) is 8.11. The molecule has 0 bridgehead atoms. The van der Waals surface area contributed by atoms with Gasteiger partial charge in [0.1, 0.15) is 11.9 Å². The first-order valence-electron chi connectivity index (χ1n) is 3.99. The van der Waals surface area contributed by atoms with Crippen LogP contribution in [-0.4, -0.2) is 4.98 Å². The number of aromatic nitrogens is 1. The minimum atomic E-state index is 0.376. The fourth-order valence-electron chi connectivity index (χ4n) is 1.56. The molecular weight excluding hydrogens is 182 g/mol. The van der Waals surface area contributed by atoms with E-state index >= 15 is 0 Å². The van der Waals surface area contributed by atoms with Gasteiger partial charge in [0.2, 0.25) is 0 Å². The molecule has 3 nitrogen and oxygen atoms in total. The first kappa shape index (κ1) is 8.39. The van der Waals surface area contributed by atoms with Gasteiger partial charge < -0.3 is 5.73 Å². The van der Waals surface area contributed by atoms with E-state index < -0.39 is 0 Å². The van der Waals surface area contributed by atoms with Crippen LogP contribution in [0.25, 0.3) is 0 Å². The highest BCUT2D eigenvalue weighted by Gasteiger charge is 2.20. The Balaban J connectivity index is 2.74. The number of nitriles is 1. The van der Waals surface area contributed by atoms with Crippen LogP contribution in [0.15, 0.2) is 0 Å². The normalized spacial score (nSPS) is 13.8. The van der Waals surface area contributed by atoms with Crippen molar-refractivity contribution >= 4 is 17.6 Å². The van der Waals surface area contributed by atoms with Gasteiger partial charge in [0.15, 0.2) is 0 Å². The monoisotopic (exact) mass is 191 g/mol. The van der Waals surface area contributed by atoms with E-state index in [1.54, 1.807) is 0 Å². The Labute approximate surface area is 81.0 Å². The van der Waals surface area contributed by atoms with Crippen LogP contribution in [0.4, 0.5) is 5.82 Å². The van der Waals surface area contributed by atoms with Crippen molar-refractivity contribution in [3.63, 3.8) is 0 Å². The smallest absolute Gasteiger partial charge is 0.141 e. The SMILES string of the molecule is Cc1nc(N)c(C#N)c2c1CSC2. The molecule has 2 rings (SSSR count). The van der Waals surface area contributed by atoms with Gasteiger partial charge >= 0.3 is 0 Å². The van der Waals surface area contributed by atoms with Gasteiger partial charge in [0, 0.05) is 17.2 Å². The molecule has 13 heavy (non-hydrogen) atoms. The van der Waals surface area contributed by atoms with Crippen LogP contribution in [0.3, 0.4) is 0 Å². The number of hydrogen-bond donors (Lipinski definition) is 1. The van der Waals surface area contributed by atoms with Gasteiger partial charge in [-0.1, -0.05) is 0 Å². The highest BCUT2D eigenvalue weighted by atomic mass is 32.2. The molecule has 2 heterocycles. The summed E-state index contributed by atoms with van der Waals surface area (Å²) < 4.78 is 0. The summed E-state index contributed by atoms with van der Waals surface area (Å²) in [7, 11) is 0. The first-order valence-corrected chi connectivity index (χ1v) is 5.15. The average molecular weight is 191 g/mol. The summed E-state index contributed by atoms with van der Waals surface area (Å²) in [5.74, 6) is 2.23. The second-order valence-electron chi connectivity index (χ2n) is 3.02. The minimum Gasteiger partial charge on any atom is -0.383 e. The van der Waals surface area contributed by atoms with E-state index in [0.29, 0.717) is 11.4 Å². The second kappa shape index (κ2) is 2.93. The molecule has 0 unspecified atom stereocenters. The Morgan fingerprint density at radius 3 is 2.85 bits per heavy atom. The van der Waals surface area contributed by atoms with Crippen molar-refractivity contribution in [2.75, 3.05) is 5.73 Å². The number of nitrogens with zero attached hydrogens (tertiary/aromatic N) is 2. The van der Waals surface area contributed by atoms with Gasteiger partial charge in [-0.3, -0.25) is 0 Å². The molecule has 0 radical (unpaired) electrons. The largest absolute Gasteiger partial charge is 0.383 e. The molecule has 0 spiro atoms. The molecule has 4 heteroatoms. The van der Waals surface area contributed by atoms with Crippen LogP contribution in [0, 0.1) is 18.3 Å². The van der Waals surface area contributed by atoms with Crippen molar-refractivity contribution in [3.05, 3.63) is 22.4 Å². The maximum atomic E-state index is 8.89. The molecule has 0 saturated carbocycles. The zero-order valence-electron chi connectivity index (χ0n) is 7.29. The van der Waals surface area contributed by atoms with Crippen molar-refractivity contribution in [2.24, 2.45) is 0 Å². The summed E-state index contributed by atoms with van der Waals surface area (Å²) in [4.78, 5) is 4.16. The van der Waals surface area contributed by atoms with Gasteiger partial charge in [-0.05, 0) is 18.1 Å². The first-order chi connectivity index (χ1) is 6.24. The number of rotatable bonds is 0. The average Bonchev–Trinajstić information content (AvgIpc) is 2.53. The molecule has 2 N–H and O–H groups in total. The van der Waals surface area contributed by atoms with Crippen molar-refractivity contribution in [3.8, 4) is 6.07 Å². The standard InChI is InChI=1S/C9H9N3S/c1-5-7-3-13-4-8(7)6(2-10)9(11)12-5/h3-4H2,1H3,(H2,11,12). The number of pyridine rings is 1. The molecule has 1 aromatic rings. The second-order valence-corrected chi connectivity index (χ2v) is 4.00. The van der Waals surface area contributed by atoms with Crippen LogP contribution >= 0.6 is 11.8 Å². The number of fused-ring (bicyclic) bond motifs is 1. The molecule has 0 fully saturated rings. The fourth-order valence-corrected chi connectivity index (χ4v) is 2.77. The van der Waals surface area contributed by atoms with E-state index in [4.69, 9.17) is 11.0 Å². The van der Waals surface area contributed by atoms with Crippen LogP contribution < -0.4 is 5.73 Å². The third-order valence-electron chi connectivity index (χ3n) is 2.25. The van der Waals surface area contributed by atoms with E-state index in [0.717, 1.165) is 22.8 Å². The van der Waals surface area contributed by atoms with E-state index in [9.17, 15) is 0 Å². The Morgan fingerprint density at radius 1 is 1.46 bits per heavy atom. The van der Waals surface area contributed by atoms with Crippen LogP contribution in [0.2, 0.25) is 0 Å². The Morgan fingerprint density at radius 2 is 2.15 bits per heavy atom. The highest BCUT2D eigenvalue weighted by Crippen LogP contribution is 2.35. The molecule has 0 saturated heterocycles. The number of thioether (sulfide) groups is 1. The molecule has 1 aromatic heterocycles. The maximum absolute atomic E-state index is 8.89. The third kappa shape index (κ3) is 1.16. The van der Waals surface area contributed by atoms with E-state index in [-0.39, 0.29) is 0 Å². The number of nitrogens with two attached hydrogens (primary N) is 1. The van der Waals surface area contributed by atoms with Crippen molar-refractivity contribution in [2.45, 2.75) is 18.4 Å². The molecule has 0 amide bonds. The molecule has 0 aromatic carbocycles. The Bertz CT molecular complexity index is 406. The lowest BCUT2D eigenvalue weighted by molar-refractivity contribution is 1.12. The molecule has 1 aliphatic heterocycles. The number of hydrogen-bond acceptors (Lipinski definition) is 4. The molecular formula is C9H9N3S. The van der Waals surface area contributed by atoms with Gasteiger partial charge in [-0.15, -0.1) is 0 Å². The van der Waals surface area contributed by atoms with Crippen LogP contribution in [-0.2, 0) is 11.5 Å². The maximum Gasteiger partial charge on any atom is 0.141 e. The summed E-state index contributed by atoms with van der Waals surface area (Å²) in [5.41, 5.74) is 9.51. The lowest BCUT2D eigenvalue weighted by atomic mass is 10.0. The number of anilines is 1. The summed E-state index contributed by atoms with van der Waals surface area (Å²) in [6, 6.07) is 2.12. The van der Waals surface area contributed by atoms with Gasteiger partial charge in [-0.2, -0.15) is 17.0 Å². The Kier molecular flexibility index (Phi) is 1.89. The van der Waals surface area contributed by atoms with Crippen LogP contribution in [0.5, 0.6) is 0 Å². The lowest BCUT2D eigenvalue weighted by Gasteiger charge is -2.06. The van der Waals surface area contributed by atoms with E-state index in [1.165, 1.54) is 5.56 Å². The number of nitrogen functional groups attached to an aromatic ring is 1. The summed E-state index contributed by atoms with van der Waals surface area (Å²) in [6.07, 6.45) is 0. The van der Waals surface area contributed by atoms with Gasteiger partial charge in [-0.25, -0.2) is 4.98 Å². The lowest BCUT2D eigenvalue weighted by Crippen LogP contribution is -2.03. The number of aryl methyl sites for hydroxylation is 1. The predicted molar refractivity (Wildman–Crippen MR) is 53.1 cm³/mol. The zero-order chi connectivity index (χ0) is 9.42. The Hall–Kier alpha value is -1.21. The van der Waals surface area contributed by atoms with Crippen molar-refractivity contribution in [1.82, 2.24) is 4.98 Å². The molecule has 0 atom stereocenters. The summed E-state index contributed by atoms with van der Waals surface area (Å²) in [5, 5.41) is 8.89. The fraction of sp³-hybridized carbons (Fsp3) is 0.333. The topological polar surface area (TPSA) is 62.7 Å². The van der Waals surface area contributed by atoms with E-state index in [2.05, 4.69) is 11.1 Å². The molecule has 66 valence electrons. The molecule has 1 aliphatic rings. The van der Waals surface area contributed by atoms with Crippen molar-refractivity contribution in [1.29, 1.82) is 5.26 Å². The summed E-state index contributed by atoms with van der Waals surface area (Å²) >= 11 is 1.81. The van der Waals surface area contributed by atoms with Crippen LogP contribution in [0.1, 0.15) is 22.4 Å². The van der Waals surface area contributed by atoms with E-state index in [1.807, 2.05) is 18.7 Å². The quantitative estimate of drug-likeness (QED) is 0.676.